The van der Waals surface area contributed by atoms with Crippen LogP contribution in [0, 0.1) is 5.92 Å². The molecule has 136 valence electrons. The number of unbranched alkanes of at least 4 members (excludes halogenated alkanes) is 1. The Bertz CT molecular complexity index is 481. The van der Waals surface area contributed by atoms with Gasteiger partial charge in [-0.25, -0.2) is 9.59 Å². The number of hydrogen-bond acceptors (Lipinski definition) is 6. The number of ether oxygens (including phenoxy) is 1. The van der Waals surface area contributed by atoms with Gasteiger partial charge in [0.2, 0.25) is 0 Å². The molecule has 0 bridgehead atoms. The molecule has 1 heterocycles. The van der Waals surface area contributed by atoms with Crippen molar-refractivity contribution in [3.8, 4) is 0 Å². The van der Waals surface area contributed by atoms with Gasteiger partial charge in [-0.2, -0.15) is 0 Å². The number of carbonyl (C=O) groups excluding carboxylic acids is 4. The number of amides is 3. The molecule has 0 aromatic rings. The SMILES string of the molecule is CC(CCCCNC(=O)OC(C)(C)C)C(=O)ON1C(=O)CCC1=O. The van der Waals surface area contributed by atoms with Gasteiger partial charge in [0.1, 0.15) is 5.60 Å². The minimum Gasteiger partial charge on any atom is -0.444 e. The lowest BCUT2D eigenvalue weighted by Gasteiger charge is -2.19. The van der Waals surface area contributed by atoms with E-state index in [9.17, 15) is 19.2 Å². The molecule has 1 atom stereocenters. The molecule has 0 aromatic carbocycles. The fourth-order valence-electron chi connectivity index (χ4n) is 2.04. The third-order valence-corrected chi connectivity index (χ3v) is 3.32. The van der Waals surface area contributed by atoms with E-state index < -0.39 is 35.4 Å². The van der Waals surface area contributed by atoms with Crippen molar-refractivity contribution in [2.75, 3.05) is 6.54 Å². The average Bonchev–Trinajstić information content (AvgIpc) is 2.76. The minimum absolute atomic E-state index is 0.0802. The first-order valence-electron chi connectivity index (χ1n) is 8.14. The summed E-state index contributed by atoms with van der Waals surface area (Å²) in [5.41, 5.74) is -0.535. The maximum Gasteiger partial charge on any atom is 0.407 e. The van der Waals surface area contributed by atoms with E-state index in [0.29, 0.717) is 30.9 Å². The smallest absolute Gasteiger partial charge is 0.407 e. The van der Waals surface area contributed by atoms with E-state index in [0.717, 1.165) is 0 Å². The van der Waals surface area contributed by atoms with Crippen molar-refractivity contribution >= 4 is 23.9 Å². The number of imide groups is 1. The van der Waals surface area contributed by atoms with Crippen LogP contribution in [0.5, 0.6) is 0 Å². The Morgan fingerprint density at radius 2 is 1.75 bits per heavy atom. The lowest BCUT2D eigenvalue weighted by molar-refractivity contribution is -0.200. The van der Waals surface area contributed by atoms with Gasteiger partial charge in [-0.3, -0.25) is 9.59 Å². The third-order valence-electron chi connectivity index (χ3n) is 3.32. The molecule has 0 spiro atoms. The van der Waals surface area contributed by atoms with Crippen molar-refractivity contribution in [3.63, 3.8) is 0 Å². The summed E-state index contributed by atoms with van der Waals surface area (Å²) >= 11 is 0. The number of rotatable bonds is 7. The Balaban J connectivity index is 2.18. The van der Waals surface area contributed by atoms with Gasteiger partial charge in [0.15, 0.2) is 0 Å². The Morgan fingerprint density at radius 3 is 2.29 bits per heavy atom. The van der Waals surface area contributed by atoms with Crippen molar-refractivity contribution in [2.45, 2.75) is 65.4 Å². The third kappa shape index (κ3) is 6.97. The van der Waals surface area contributed by atoms with Crippen LogP contribution >= 0.6 is 0 Å². The first kappa shape index (κ1) is 19.9. The normalized spacial score (nSPS) is 16.1. The Kier molecular flexibility index (Phi) is 7.18. The zero-order chi connectivity index (χ0) is 18.3. The highest BCUT2D eigenvalue weighted by Crippen LogP contribution is 2.16. The summed E-state index contributed by atoms with van der Waals surface area (Å²) in [5.74, 6) is -2.00. The molecule has 1 N–H and O–H groups in total. The van der Waals surface area contributed by atoms with Gasteiger partial charge in [-0.05, 0) is 33.6 Å². The van der Waals surface area contributed by atoms with Crippen molar-refractivity contribution < 1.29 is 28.8 Å². The van der Waals surface area contributed by atoms with Crippen molar-refractivity contribution in [1.29, 1.82) is 0 Å². The van der Waals surface area contributed by atoms with Crippen LogP contribution in [-0.4, -0.2) is 41.1 Å². The number of hydroxylamine groups is 2. The molecular formula is C16H26N2O6. The largest absolute Gasteiger partial charge is 0.444 e. The molecule has 8 heteroatoms. The van der Waals surface area contributed by atoms with Crippen LogP contribution in [0.25, 0.3) is 0 Å². The number of alkyl carbamates (subject to hydrolysis) is 1. The van der Waals surface area contributed by atoms with Gasteiger partial charge < -0.3 is 14.9 Å². The Labute approximate surface area is 141 Å². The molecule has 3 amide bonds. The van der Waals surface area contributed by atoms with Gasteiger partial charge >= 0.3 is 12.1 Å². The van der Waals surface area contributed by atoms with Crippen LogP contribution in [-0.2, 0) is 24.0 Å². The zero-order valence-electron chi connectivity index (χ0n) is 14.7. The van der Waals surface area contributed by atoms with Crippen LogP contribution in [0.2, 0.25) is 0 Å². The molecule has 1 rings (SSSR count). The lowest BCUT2D eigenvalue weighted by Crippen LogP contribution is -2.34. The first-order chi connectivity index (χ1) is 11.1. The lowest BCUT2D eigenvalue weighted by atomic mass is 10.0. The highest BCUT2D eigenvalue weighted by atomic mass is 16.7. The van der Waals surface area contributed by atoms with Gasteiger partial charge in [0.05, 0.1) is 5.92 Å². The van der Waals surface area contributed by atoms with E-state index >= 15 is 0 Å². The quantitative estimate of drug-likeness (QED) is 0.560. The van der Waals surface area contributed by atoms with Crippen LogP contribution in [0.4, 0.5) is 4.79 Å². The topological polar surface area (TPSA) is 102 Å². The second kappa shape index (κ2) is 8.65. The molecular weight excluding hydrogens is 316 g/mol. The van der Waals surface area contributed by atoms with Crippen LogP contribution in [0.1, 0.15) is 59.8 Å². The highest BCUT2D eigenvalue weighted by molar-refractivity contribution is 6.01. The van der Waals surface area contributed by atoms with Crippen molar-refractivity contribution in [2.24, 2.45) is 5.92 Å². The predicted molar refractivity (Wildman–Crippen MR) is 84.4 cm³/mol. The van der Waals surface area contributed by atoms with Gasteiger partial charge in [0, 0.05) is 19.4 Å². The van der Waals surface area contributed by atoms with E-state index in [-0.39, 0.29) is 12.8 Å². The summed E-state index contributed by atoms with van der Waals surface area (Å²) < 4.78 is 5.10. The molecule has 1 fully saturated rings. The number of hydrogen-bond donors (Lipinski definition) is 1. The summed E-state index contributed by atoms with van der Waals surface area (Å²) in [7, 11) is 0. The molecule has 8 nitrogen and oxygen atoms in total. The molecule has 0 aromatic heterocycles. The summed E-state index contributed by atoms with van der Waals surface area (Å²) in [6.45, 7) is 7.48. The summed E-state index contributed by atoms with van der Waals surface area (Å²) in [6.07, 6.45) is 1.59. The van der Waals surface area contributed by atoms with E-state index in [4.69, 9.17) is 9.57 Å². The van der Waals surface area contributed by atoms with Crippen molar-refractivity contribution in [1.82, 2.24) is 10.4 Å². The molecule has 0 aliphatic carbocycles. The average molecular weight is 342 g/mol. The maximum atomic E-state index is 11.9. The summed E-state index contributed by atoms with van der Waals surface area (Å²) in [5, 5.41) is 3.20. The van der Waals surface area contributed by atoms with Crippen LogP contribution in [0.3, 0.4) is 0 Å². The molecule has 0 radical (unpaired) electrons. The first-order valence-corrected chi connectivity index (χ1v) is 8.14. The number of nitrogens with zero attached hydrogens (tertiary/aromatic N) is 1. The second-order valence-corrected chi connectivity index (χ2v) is 6.82. The van der Waals surface area contributed by atoms with E-state index in [1.165, 1.54) is 0 Å². The van der Waals surface area contributed by atoms with E-state index in [1.54, 1.807) is 27.7 Å². The molecule has 0 saturated carbocycles. The fourth-order valence-corrected chi connectivity index (χ4v) is 2.04. The Hall–Kier alpha value is -2.12. The zero-order valence-corrected chi connectivity index (χ0v) is 14.7. The predicted octanol–water partition coefficient (Wildman–Crippen LogP) is 1.92. The molecule has 1 unspecified atom stereocenters. The van der Waals surface area contributed by atoms with Crippen molar-refractivity contribution in [3.05, 3.63) is 0 Å². The second-order valence-electron chi connectivity index (χ2n) is 6.82. The molecule has 1 saturated heterocycles. The maximum absolute atomic E-state index is 11.9. The standard InChI is InChI=1S/C16H26N2O6/c1-11(14(21)24-18-12(19)8-9-13(18)20)7-5-6-10-17-15(22)23-16(2,3)4/h11H,5-10H2,1-4H3,(H,17,22). The summed E-state index contributed by atoms with van der Waals surface area (Å²) in [6, 6.07) is 0. The summed E-state index contributed by atoms with van der Waals surface area (Å²) in [4.78, 5) is 50.9. The molecule has 1 aliphatic heterocycles. The Morgan fingerprint density at radius 1 is 1.17 bits per heavy atom. The fraction of sp³-hybridized carbons (Fsp3) is 0.750. The van der Waals surface area contributed by atoms with Gasteiger partial charge in [0.25, 0.3) is 11.8 Å². The molecule has 1 aliphatic rings. The number of nitrogens with one attached hydrogen (secondary N) is 1. The molecule has 24 heavy (non-hydrogen) atoms. The van der Waals surface area contributed by atoms with E-state index in [2.05, 4.69) is 5.32 Å². The van der Waals surface area contributed by atoms with Crippen LogP contribution < -0.4 is 5.32 Å². The minimum atomic E-state index is -0.598. The number of carbonyl (C=O) groups is 4. The van der Waals surface area contributed by atoms with E-state index in [1.807, 2.05) is 0 Å². The highest BCUT2D eigenvalue weighted by Gasteiger charge is 2.33. The van der Waals surface area contributed by atoms with Gasteiger partial charge in [-0.1, -0.05) is 13.3 Å². The van der Waals surface area contributed by atoms with Crippen LogP contribution in [0.15, 0.2) is 0 Å². The monoisotopic (exact) mass is 342 g/mol. The van der Waals surface area contributed by atoms with Gasteiger partial charge in [-0.15, -0.1) is 5.06 Å².